The molecule has 4 amide bonds. The molecule has 0 radical (unpaired) electrons. The molecule has 67 heavy (non-hydrogen) atoms. The SMILES string of the molecule is Cc1cc([C@H](C(=O)N2C[C@H](OCc3cc([C@H](C(=O)N4C[C@H](O)C[C@H]4C(=O)NCc4ccc(-c5ocnc5C)cc4)C(C)C)on3)C[C@H]2C(=O)NCc2ccc(-c3cncs3)cc2)C(C)C)on1. The molecule has 18 heteroatoms. The topological polar surface area (TPSA) is 219 Å². The van der Waals surface area contributed by atoms with Crippen molar-refractivity contribution < 1.29 is 42.5 Å². The molecule has 0 spiro atoms. The first-order valence-electron chi connectivity index (χ1n) is 22.6. The smallest absolute Gasteiger partial charge is 0.243 e. The number of hydrogen-bond donors (Lipinski definition) is 3. The van der Waals surface area contributed by atoms with E-state index in [4.69, 9.17) is 18.2 Å². The van der Waals surface area contributed by atoms with E-state index < -0.39 is 36.1 Å². The van der Waals surface area contributed by atoms with Gasteiger partial charge in [0.25, 0.3) is 0 Å². The molecule has 2 aliphatic rings. The van der Waals surface area contributed by atoms with Crippen LogP contribution in [0.3, 0.4) is 0 Å². The fraction of sp³-hybridized carbons (Fsp3) is 0.429. The number of ether oxygens (including phenoxy) is 1. The zero-order valence-electron chi connectivity index (χ0n) is 38.4. The summed E-state index contributed by atoms with van der Waals surface area (Å²) in [5, 5.41) is 25.0. The van der Waals surface area contributed by atoms with Crippen molar-refractivity contribution in [2.24, 2.45) is 11.8 Å². The van der Waals surface area contributed by atoms with Gasteiger partial charge in [-0.15, -0.1) is 11.3 Å². The van der Waals surface area contributed by atoms with Gasteiger partial charge in [0.2, 0.25) is 23.6 Å². The molecule has 6 aromatic rings. The summed E-state index contributed by atoms with van der Waals surface area (Å²) in [5.41, 5.74) is 7.28. The van der Waals surface area contributed by atoms with Gasteiger partial charge >= 0.3 is 0 Å². The minimum absolute atomic E-state index is 0.00534. The lowest BCUT2D eigenvalue weighted by molar-refractivity contribution is -0.141. The monoisotopic (exact) mass is 932 g/mol. The fourth-order valence-corrected chi connectivity index (χ4v) is 9.56. The van der Waals surface area contributed by atoms with Crippen molar-refractivity contribution in [3.8, 4) is 21.8 Å². The number of carbonyl (C=O) groups excluding carboxylic acids is 4. The van der Waals surface area contributed by atoms with E-state index in [-0.39, 0.29) is 81.1 Å². The standard InChI is InChI=1S/C49H56N8O9S/c1-27(2)43(40-15-29(5)54-65-40)49(62)57-23-37(18-39(57)47(60)52-19-31-7-11-33(12-8-31)42-21-50-26-67-42)63-24-35-16-41(66-55-35)44(28(3)4)48(61)56-22-36(58)17-38(56)46(59)51-20-32-9-13-34(14-10-32)45-30(6)53-25-64-45/h7-16,21,25-28,36-39,43-44,58H,17-20,22-24H2,1-6H3,(H,51,59)(H,52,60)/t36-,37-,38+,39+,43-,44-/m1/s1. The molecule has 2 saturated heterocycles. The Morgan fingerprint density at radius 2 is 1.37 bits per heavy atom. The number of aliphatic hydroxyl groups is 1. The molecule has 0 saturated carbocycles. The van der Waals surface area contributed by atoms with Crippen molar-refractivity contribution in [3.63, 3.8) is 0 Å². The average molecular weight is 933 g/mol. The fourth-order valence-electron chi connectivity index (χ4n) is 8.93. The Labute approximate surface area is 392 Å². The van der Waals surface area contributed by atoms with Crippen molar-refractivity contribution in [3.05, 3.63) is 118 Å². The third kappa shape index (κ3) is 10.7. The van der Waals surface area contributed by atoms with E-state index in [0.717, 1.165) is 32.8 Å². The summed E-state index contributed by atoms with van der Waals surface area (Å²) < 4.78 is 23.2. The van der Waals surface area contributed by atoms with Crippen molar-refractivity contribution in [1.29, 1.82) is 0 Å². The lowest BCUT2D eigenvalue weighted by Crippen LogP contribution is -2.48. The lowest BCUT2D eigenvalue weighted by Gasteiger charge is -2.28. The van der Waals surface area contributed by atoms with Crippen molar-refractivity contribution in [2.75, 3.05) is 13.1 Å². The summed E-state index contributed by atoms with van der Waals surface area (Å²) in [4.78, 5) is 68.6. The molecule has 6 atom stereocenters. The van der Waals surface area contributed by atoms with Crippen LogP contribution in [0, 0.1) is 25.7 Å². The molecule has 17 nitrogen and oxygen atoms in total. The van der Waals surface area contributed by atoms with Crippen LogP contribution in [-0.4, -0.2) is 96.2 Å². The van der Waals surface area contributed by atoms with Gasteiger partial charge in [0.1, 0.15) is 41.1 Å². The Balaban J connectivity index is 0.914. The van der Waals surface area contributed by atoms with Gasteiger partial charge < -0.3 is 43.7 Å². The van der Waals surface area contributed by atoms with Crippen LogP contribution in [0.2, 0.25) is 0 Å². The summed E-state index contributed by atoms with van der Waals surface area (Å²) in [6.45, 7) is 11.9. The van der Waals surface area contributed by atoms with Gasteiger partial charge in [-0.3, -0.25) is 24.2 Å². The Morgan fingerprint density at radius 3 is 1.93 bits per heavy atom. The van der Waals surface area contributed by atoms with Crippen LogP contribution in [0.25, 0.3) is 21.8 Å². The number of β-amino-alcohol motifs (C(OH)–C–C–N with tert-alkyl or cyclic N) is 1. The predicted molar refractivity (Wildman–Crippen MR) is 246 cm³/mol. The van der Waals surface area contributed by atoms with Gasteiger partial charge in [0, 0.05) is 62.9 Å². The van der Waals surface area contributed by atoms with Crippen LogP contribution >= 0.6 is 11.3 Å². The number of thiazole rings is 1. The van der Waals surface area contributed by atoms with Crippen LogP contribution < -0.4 is 10.6 Å². The van der Waals surface area contributed by atoms with Gasteiger partial charge in [-0.2, -0.15) is 0 Å². The van der Waals surface area contributed by atoms with Crippen molar-refractivity contribution >= 4 is 35.0 Å². The van der Waals surface area contributed by atoms with E-state index in [1.165, 1.54) is 11.3 Å². The number of aryl methyl sites for hydroxylation is 2. The van der Waals surface area contributed by atoms with Gasteiger partial charge in [0.15, 0.2) is 12.2 Å². The first-order valence-corrected chi connectivity index (χ1v) is 23.4. The number of nitrogens with zero attached hydrogens (tertiary/aromatic N) is 6. The van der Waals surface area contributed by atoms with Crippen LogP contribution in [0.5, 0.6) is 0 Å². The van der Waals surface area contributed by atoms with Crippen molar-refractivity contribution in [1.82, 2.24) is 40.7 Å². The number of benzene rings is 2. The molecular weight excluding hydrogens is 877 g/mol. The number of aromatic nitrogens is 4. The van der Waals surface area contributed by atoms with E-state index in [0.29, 0.717) is 28.7 Å². The number of amides is 4. The molecule has 6 heterocycles. The highest BCUT2D eigenvalue weighted by molar-refractivity contribution is 7.13. The molecule has 2 fully saturated rings. The number of aliphatic hydroxyl groups excluding tert-OH is 1. The molecule has 4 aromatic heterocycles. The molecule has 0 bridgehead atoms. The number of nitrogens with one attached hydrogen (secondary N) is 2. The molecule has 2 aromatic carbocycles. The van der Waals surface area contributed by atoms with Gasteiger partial charge in [-0.05, 0) is 42.4 Å². The number of hydrogen-bond acceptors (Lipinski definition) is 14. The maximum atomic E-state index is 14.4. The van der Waals surface area contributed by atoms with Gasteiger partial charge in [-0.25, -0.2) is 4.98 Å². The third-order valence-corrected chi connectivity index (χ3v) is 13.3. The molecule has 0 unspecified atom stereocenters. The van der Waals surface area contributed by atoms with E-state index in [9.17, 15) is 24.3 Å². The van der Waals surface area contributed by atoms with Gasteiger partial charge in [-0.1, -0.05) is 86.5 Å². The number of oxazole rings is 1. The number of rotatable bonds is 17. The molecular formula is C49H56N8O9S. The summed E-state index contributed by atoms with van der Waals surface area (Å²) in [6, 6.07) is 17.2. The molecule has 0 aliphatic carbocycles. The van der Waals surface area contributed by atoms with Crippen molar-refractivity contribution in [2.45, 2.75) is 110 Å². The summed E-state index contributed by atoms with van der Waals surface area (Å²) in [6.07, 6.45) is 2.12. The predicted octanol–water partition coefficient (Wildman–Crippen LogP) is 6.32. The Bertz CT molecular complexity index is 2640. The van der Waals surface area contributed by atoms with Crippen LogP contribution in [0.1, 0.15) is 92.1 Å². The normalized spacial score (nSPS) is 19.3. The van der Waals surface area contributed by atoms with Crippen LogP contribution in [0.4, 0.5) is 0 Å². The van der Waals surface area contributed by atoms with E-state index >= 15 is 0 Å². The Kier molecular flexibility index (Phi) is 14.4. The highest BCUT2D eigenvalue weighted by atomic mass is 32.1. The first kappa shape index (κ1) is 47.0. The highest BCUT2D eigenvalue weighted by Gasteiger charge is 2.45. The maximum absolute atomic E-state index is 14.4. The third-order valence-electron chi connectivity index (χ3n) is 12.4. The molecule has 8 rings (SSSR count). The zero-order valence-corrected chi connectivity index (χ0v) is 39.2. The minimum atomic E-state index is -0.887. The summed E-state index contributed by atoms with van der Waals surface area (Å²) in [5.74, 6) is -1.79. The van der Waals surface area contributed by atoms with E-state index in [1.54, 1.807) is 40.8 Å². The molecule has 2 aliphatic heterocycles. The maximum Gasteiger partial charge on any atom is 0.243 e. The second-order valence-corrected chi connectivity index (χ2v) is 19.0. The quantitative estimate of drug-likeness (QED) is 0.0914. The number of likely N-dealkylation sites (tertiary alicyclic amines) is 2. The number of carbonyl (C=O) groups is 4. The summed E-state index contributed by atoms with van der Waals surface area (Å²) >= 11 is 1.55. The lowest BCUT2D eigenvalue weighted by atomic mass is 9.91. The summed E-state index contributed by atoms with van der Waals surface area (Å²) in [7, 11) is 0. The highest BCUT2D eigenvalue weighted by Crippen LogP contribution is 2.34. The second-order valence-electron chi connectivity index (χ2n) is 18.1. The van der Waals surface area contributed by atoms with E-state index in [1.807, 2.05) is 89.3 Å². The Hall–Kier alpha value is -6.50. The molecule has 352 valence electrons. The average Bonchev–Trinajstić information content (AvgIpc) is 4.18. The van der Waals surface area contributed by atoms with E-state index in [2.05, 4.69) is 30.9 Å². The van der Waals surface area contributed by atoms with Crippen LogP contribution in [-0.2, 0) is 43.6 Å². The molecule has 3 N–H and O–H groups in total. The van der Waals surface area contributed by atoms with Crippen LogP contribution in [0.15, 0.2) is 92.2 Å². The Morgan fingerprint density at radius 1 is 0.791 bits per heavy atom. The minimum Gasteiger partial charge on any atom is -0.443 e. The largest absolute Gasteiger partial charge is 0.443 e. The second kappa shape index (κ2) is 20.6. The van der Waals surface area contributed by atoms with Gasteiger partial charge in [0.05, 0.1) is 40.6 Å². The first-order chi connectivity index (χ1) is 32.2. The zero-order chi connectivity index (χ0) is 47.4.